The van der Waals surface area contributed by atoms with Crippen molar-refractivity contribution in [3.8, 4) is 12.1 Å². The van der Waals surface area contributed by atoms with Gasteiger partial charge in [0.1, 0.15) is 17.8 Å². The molecule has 0 atom stereocenters. The van der Waals surface area contributed by atoms with Gasteiger partial charge in [-0.25, -0.2) is 9.97 Å². The van der Waals surface area contributed by atoms with Crippen LogP contribution in [0.5, 0.6) is 0 Å². The van der Waals surface area contributed by atoms with Gasteiger partial charge in [-0.05, 0) is 31.7 Å². The summed E-state index contributed by atoms with van der Waals surface area (Å²) in [7, 11) is -3.69. The number of nitriles is 2. The van der Waals surface area contributed by atoms with Crippen molar-refractivity contribution in [2.45, 2.75) is 44.1 Å². The highest BCUT2D eigenvalue weighted by atomic mass is 32.2. The molecule has 2 aliphatic rings. The fourth-order valence-corrected chi connectivity index (χ4v) is 6.36. The molecule has 4 rings (SSSR count). The Morgan fingerprint density at radius 2 is 1.84 bits per heavy atom. The van der Waals surface area contributed by atoms with Crippen molar-refractivity contribution >= 4 is 27.1 Å². The number of aromatic nitrogens is 3. The molecule has 2 aromatic heterocycles. The molecule has 2 aromatic rings. The summed E-state index contributed by atoms with van der Waals surface area (Å²) < 4.78 is 30.3. The molecule has 2 fully saturated rings. The molecule has 11 heteroatoms. The van der Waals surface area contributed by atoms with Crippen molar-refractivity contribution in [3.63, 3.8) is 0 Å². The topological polar surface area (TPSA) is 133 Å². The summed E-state index contributed by atoms with van der Waals surface area (Å²) in [4.78, 5) is 14.0. The molecule has 0 bridgehead atoms. The van der Waals surface area contributed by atoms with Crippen molar-refractivity contribution in [1.29, 1.82) is 10.5 Å². The average Bonchev–Trinajstić information content (AvgIpc) is 3.33. The first-order valence-electron chi connectivity index (χ1n) is 10.6. The van der Waals surface area contributed by atoms with E-state index in [1.165, 1.54) is 10.6 Å². The molecular weight excluding hydrogens is 416 g/mol. The van der Waals surface area contributed by atoms with Crippen LogP contribution in [0.3, 0.4) is 0 Å². The predicted molar refractivity (Wildman–Crippen MR) is 115 cm³/mol. The first kappa shape index (κ1) is 21.5. The van der Waals surface area contributed by atoms with Gasteiger partial charge in [0, 0.05) is 51.8 Å². The van der Waals surface area contributed by atoms with Crippen molar-refractivity contribution in [1.82, 2.24) is 23.6 Å². The van der Waals surface area contributed by atoms with Crippen molar-refractivity contribution < 1.29 is 8.42 Å². The summed E-state index contributed by atoms with van der Waals surface area (Å²) in [6.45, 7) is 2.11. The number of fused-ring (bicyclic) bond motifs is 1. The molecule has 1 aliphatic heterocycles. The van der Waals surface area contributed by atoms with Crippen molar-refractivity contribution in [2.75, 3.05) is 37.6 Å². The SMILES string of the molecule is N#CCCCN(CCCC#N)S(=O)(=O)N1CCN(c2ncnc3[nH]ccc23)CC12CC2. The van der Waals surface area contributed by atoms with Crippen LogP contribution in [0.15, 0.2) is 18.6 Å². The number of nitrogens with one attached hydrogen (secondary N) is 1. The zero-order valence-electron chi connectivity index (χ0n) is 17.4. The summed E-state index contributed by atoms with van der Waals surface area (Å²) >= 11 is 0. The molecule has 10 nitrogen and oxygen atoms in total. The third-order valence-corrected chi connectivity index (χ3v) is 8.19. The monoisotopic (exact) mass is 442 g/mol. The highest BCUT2D eigenvalue weighted by molar-refractivity contribution is 7.86. The predicted octanol–water partition coefficient (Wildman–Crippen LogP) is 1.77. The Balaban J connectivity index is 1.53. The molecule has 0 aromatic carbocycles. The van der Waals surface area contributed by atoms with Crippen LogP contribution in [-0.2, 0) is 10.2 Å². The van der Waals surface area contributed by atoms with Gasteiger partial charge in [-0.1, -0.05) is 0 Å². The minimum atomic E-state index is -3.69. The summed E-state index contributed by atoms with van der Waals surface area (Å²) in [5, 5.41) is 18.6. The number of rotatable bonds is 9. The molecule has 1 saturated carbocycles. The summed E-state index contributed by atoms with van der Waals surface area (Å²) in [5.41, 5.74) is 0.346. The minimum absolute atomic E-state index is 0.299. The molecule has 31 heavy (non-hydrogen) atoms. The van der Waals surface area contributed by atoms with E-state index in [2.05, 4.69) is 32.0 Å². The molecule has 1 aliphatic carbocycles. The van der Waals surface area contributed by atoms with E-state index in [-0.39, 0.29) is 0 Å². The summed E-state index contributed by atoms with van der Waals surface area (Å²) in [6.07, 6.45) is 6.58. The van der Waals surface area contributed by atoms with E-state index in [1.54, 1.807) is 4.31 Å². The number of hydrogen-bond acceptors (Lipinski definition) is 7. The first-order chi connectivity index (χ1) is 15.0. The normalized spacial score (nSPS) is 18.4. The lowest BCUT2D eigenvalue weighted by Gasteiger charge is -2.43. The number of H-pyrrole nitrogens is 1. The number of hydrogen-bond donors (Lipinski definition) is 1. The second kappa shape index (κ2) is 8.79. The molecule has 164 valence electrons. The Kier molecular flexibility index (Phi) is 6.10. The summed E-state index contributed by atoms with van der Waals surface area (Å²) in [6, 6.07) is 6.10. The standard InChI is InChI=1S/C20H26N8O2S/c21-8-1-3-11-27(12-4-2-9-22)31(29,30)28-14-13-26(15-20(28)6-7-20)19-17-5-10-23-18(17)24-16-25-19/h5,10,16H,1-4,6-7,11-15H2,(H,23,24,25). The lowest BCUT2D eigenvalue weighted by Crippen LogP contribution is -2.60. The Morgan fingerprint density at radius 3 is 2.48 bits per heavy atom. The van der Waals surface area contributed by atoms with Crippen LogP contribution in [0.1, 0.15) is 38.5 Å². The van der Waals surface area contributed by atoms with Crippen LogP contribution < -0.4 is 4.90 Å². The fraction of sp³-hybridized carbons (Fsp3) is 0.600. The maximum Gasteiger partial charge on any atom is 0.282 e. The van der Waals surface area contributed by atoms with Gasteiger partial charge < -0.3 is 9.88 Å². The largest absolute Gasteiger partial charge is 0.353 e. The molecule has 0 amide bonds. The van der Waals surface area contributed by atoms with E-state index in [9.17, 15) is 8.42 Å². The molecule has 3 heterocycles. The van der Waals surface area contributed by atoms with Gasteiger partial charge in [0.25, 0.3) is 10.2 Å². The van der Waals surface area contributed by atoms with Gasteiger partial charge in [0.2, 0.25) is 0 Å². The third kappa shape index (κ3) is 4.22. The van der Waals surface area contributed by atoms with Gasteiger partial charge in [-0.3, -0.25) is 0 Å². The lowest BCUT2D eigenvalue weighted by atomic mass is 10.2. The number of nitrogens with zero attached hydrogens (tertiary/aromatic N) is 7. The molecular formula is C20H26N8O2S. The molecule has 0 radical (unpaired) electrons. The minimum Gasteiger partial charge on any atom is -0.353 e. The Bertz CT molecular complexity index is 1090. The first-order valence-corrected chi connectivity index (χ1v) is 12.0. The maximum absolute atomic E-state index is 13.6. The molecule has 0 unspecified atom stereocenters. The Labute approximate surface area is 182 Å². The van der Waals surface area contributed by atoms with E-state index in [0.29, 0.717) is 58.4 Å². The molecule has 1 saturated heterocycles. The van der Waals surface area contributed by atoms with E-state index in [0.717, 1.165) is 29.7 Å². The quantitative estimate of drug-likeness (QED) is 0.585. The Hall–Kier alpha value is -2.73. The van der Waals surface area contributed by atoms with Gasteiger partial charge in [-0.15, -0.1) is 0 Å². The van der Waals surface area contributed by atoms with Gasteiger partial charge in [-0.2, -0.15) is 27.6 Å². The molecule has 1 N–H and O–H groups in total. The van der Waals surface area contributed by atoms with E-state index < -0.39 is 15.7 Å². The van der Waals surface area contributed by atoms with Crippen LogP contribution in [-0.4, -0.2) is 70.2 Å². The highest BCUT2D eigenvalue weighted by Gasteiger charge is 2.57. The average molecular weight is 443 g/mol. The number of piperazine rings is 1. The Morgan fingerprint density at radius 1 is 1.13 bits per heavy atom. The molecule has 1 spiro atoms. The van der Waals surface area contributed by atoms with Crippen LogP contribution in [0.25, 0.3) is 11.0 Å². The smallest absolute Gasteiger partial charge is 0.282 e. The van der Waals surface area contributed by atoms with Gasteiger partial charge in [0.15, 0.2) is 0 Å². The van der Waals surface area contributed by atoms with Gasteiger partial charge in [0.05, 0.1) is 23.1 Å². The van der Waals surface area contributed by atoms with E-state index in [4.69, 9.17) is 10.5 Å². The van der Waals surface area contributed by atoms with Gasteiger partial charge >= 0.3 is 0 Å². The lowest BCUT2D eigenvalue weighted by molar-refractivity contribution is 0.243. The van der Waals surface area contributed by atoms with Crippen molar-refractivity contribution in [2.24, 2.45) is 0 Å². The number of anilines is 1. The third-order valence-electron chi connectivity index (χ3n) is 6.04. The maximum atomic E-state index is 13.6. The van der Waals surface area contributed by atoms with Crippen LogP contribution in [0.2, 0.25) is 0 Å². The second-order valence-electron chi connectivity index (χ2n) is 8.09. The van der Waals surface area contributed by atoms with E-state index >= 15 is 0 Å². The fourth-order valence-electron chi connectivity index (χ4n) is 4.32. The second-order valence-corrected chi connectivity index (χ2v) is 9.94. The summed E-state index contributed by atoms with van der Waals surface area (Å²) in [5.74, 6) is 0.828. The van der Waals surface area contributed by atoms with E-state index in [1.807, 2.05) is 12.3 Å². The number of aromatic amines is 1. The van der Waals surface area contributed by atoms with Crippen LogP contribution >= 0.6 is 0 Å². The van der Waals surface area contributed by atoms with Crippen LogP contribution in [0.4, 0.5) is 5.82 Å². The zero-order chi connectivity index (χ0) is 21.9. The highest BCUT2D eigenvalue weighted by Crippen LogP contribution is 2.47. The van der Waals surface area contributed by atoms with Crippen molar-refractivity contribution in [3.05, 3.63) is 18.6 Å². The number of unbranched alkanes of at least 4 members (excludes halogenated alkanes) is 2. The zero-order valence-corrected chi connectivity index (χ0v) is 18.2. The van der Waals surface area contributed by atoms with Crippen LogP contribution in [0, 0.1) is 22.7 Å².